The Morgan fingerprint density at radius 1 is 1.23 bits per heavy atom. The molecule has 116 valence electrons. The van der Waals surface area contributed by atoms with Crippen molar-refractivity contribution in [2.45, 2.75) is 6.54 Å². The Bertz CT molecular complexity index is 668. The molecule has 7 heteroatoms. The summed E-state index contributed by atoms with van der Waals surface area (Å²) >= 11 is 7.08. The van der Waals surface area contributed by atoms with E-state index >= 15 is 0 Å². The van der Waals surface area contributed by atoms with Crippen LogP contribution in [0, 0.1) is 0 Å². The first-order valence-electron chi connectivity index (χ1n) is 6.40. The van der Waals surface area contributed by atoms with E-state index in [0.29, 0.717) is 21.5 Å². The molecule has 1 heterocycles. The number of thiophene rings is 1. The van der Waals surface area contributed by atoms with Crippen LogP contribution in [0.4, 0.5) is 0 Å². The number of rotatable bonds is 6. The number of carboxylic acid groups (broad SMARTS) is 1. The summed E-state index contributed by atoms with van der Waals surface area (Å²) in [6, 6.07) is 10.3. The van der Waals surface area contributed by atoms with Crippen LogP contribution in [-0.4, -0.2) is 35.5 Å². The summed E-state index contributed by atoms with van der Waals surface area (Å²) in [6.45, 7) is 0.0600. The van der Waals surface area contributed by atoms with Gasteiger partial charge in [-0.3, -0.25) is 4.79 Å². The molecule has 2 aromatic rings. The number of carbonyl (C=O) groups is 2. The van der Waals surface area contributed by atoms with Crippen molar-refractivity contribution in [1.29, 1.82) is 0 Å². The van der Waals surface area contributed by atoms with Gasteiger partial charge in [0, 0.05) is 13.6 Å². The van der Waals surface area contributed by atoms with Crippen molar-refractivity contribution >= 4 is 34.8 Å². The lowest BCUT2D eigenvalue weighted by Crippen LogP contribution is -2.25. The molecular weight excluding hydrogens is 326 g/mol. The number of carbonyl (C=O) groups excluding carboxylic acids is 1. The molecule has 0 fully saturated rings. The van der Waals surface area contributed by atoms with Gasteiger partial charge in [-0.25, -0.2) is 4.79 Å². The monoisotopic (exact) mass is 339 g/mol. The Labute approximate surface area is 136 Å². The number of carboxylic acids is 1. The van der Waals surface area contributed by atoms with Crippen molar-refractivity contribution in [3.8, 4) is 5.75 Å². The molecule has 1 N–H and O–H groups in total. The van der Waals surface area contributed by atoms with Gasteiger partial charge in [-0.15, -0.1) is 11.3 Å². The van der Waals surface area contributed by atoms with Gasteiger partial charge in [0.2, 0.25) is 0 Å². The van der Waals surface area contributed by atoms with Crippen LogP contribution in [0.1, 0.15) is 15.2 Å². The lowest BCUT2D eigenvalue weighted by Gasteiger charge is -2.16. The highest BCUT2D eigenvalue weighted by Crippen LogP contribution is 2.23. The second-order valence-electron chi connectivity index (χ2n) is 4.59. The molecule has 0 unspecified atom stereocenters. The fourth-order valence-corrected chi connectivity index (χ4v) is 2.84. The second-order valence-corrected chi connectivity index (χ2v) is 6.31. The molecule has 0 radical (unpaired) electrons. The molecule has 2 rings (SSSR count). The third kappa shape index (κ3) is 4.47. The van der Waals surface area contributed by atoms with Gasteiger partial charge in [-0.1, -0.05) is 23.7 Å². The smallest absolute Gasteiger partial charge is 0.341 e. The van der Waals surface area contributed by atoms with Gasteiger partial charge in [-0.2, -0.15) is 0 Å². The minimum Gasteiger partial charge on any atom is -0.482 e. The average Bonchev–Trinajstić information content (AvgIpc) is 2.92. The molecule has 22 heavy (non-hydrogen) atoms. The zero-order chi connectivity index (χ0) is 16.1. The number of ether oxygens (including phenoxy) is 1. The first-order chi connectivity index (χ1) is 10.5. The molecule has 0 aliphatic rings. The summed E-state index contributed by atoms with van der Waals surface area (Å²) < 4.78 is 5.63. The molecule has 0 aliphatic carbocycles. The lowest BCUT2D eigenvalue weighted by atomic mass is 10.2. The molecule has 1 amide bonds. The summed E-state index contributed by atoms with van der Waals surface area (Å²) in [4.78, 5) is 24.8. The van der Waals surface area contributed by atoms with E-state index in [9.17, 15) is 9.59 Å². The van der Waals surface area contributed by atoms with E-state index in [1.807, 2.05) is 0 Å². The van der Waals surface area contributed by atoms with Crippen LogP contribution in [0.15, 0.2) is 36.4 Å². The number of aliphatic carboxylic acids is 1. The maximum atomic E-state index is 12.2. The Kier molecular flexibility index (Phi) is 5.41. The Morgan fingerprint density at radius 2 is 1.91 bits per heavy atom. The second kappa shape index (κ2) is 7.29. The fraction of sp³-hybridized carbons (Fsp3) is 0.200. The van der Waals surface area contributed by atoms with Crippen molar-refractivity contribution in [2.75, 3.05) is 13.7 Å². The molecule has 0 saturated heterocycles. The van der Waals surface area contributed by atoms with Crippen molar-refractivity contribution in [1.82, 2.24) is 4.90 Å². The minimum atomic E-state index is -1.02. The van der Waals surface area contributed by atoms with Crippen LogP contribution in [0.3, 0.4) is 0 Å². The van der Waals surface area contributed by atoms with E-state index < -0.39 is 5.97 Å². The van der Waals surface area contributed by atoms with Gasteiger partial charge in [0.15, 0.2) is 6.61 Å². The molecule has 5 nitrogen and oxygen atoms in total. The predicted molar refractivity (Wildman–Crippen MR) is 84.7 cm³/mol. The normalized spacial score (nSPS) is 10.3. The summed E-state index contributed by atoms with van der Waals surface area (Å²) in [5, 5.41) is 8.54. The highest BCUT2D eigenvalue weighted by atomic mass is 35.5. The van der Waals surface area contributed by atoms with E-state index in [2.05, 4.69) is 0 Å². The topological polar surface area (TPSA) is 66.8 Å². The molecule has 1 aromatic heterocycles. The molecule has 0 saturated carbocycles. The van der Waals surface area contributed by atoms with Crippen LogP contribution < -0.4 is 4.74 Å². The minimum absolute atomic E-state index is 0.0943. The Hall–Kier alpha value is -2.05. The molecule has 0 atom stereocenters. The number of nitrogens with zero attached hydrogens (tertiary/aromatic N) is 1. The van der Waals surface area contributed by atoms with E-state index in [4.69, 9.17) is 21.4 Å². The quantitative estimate of drug-likeness (QED) is 0.878. The van der Waals surface area contributed by atoms with Crippen LogP contribution >= 0.6 is 22.9 Å². The fourth-order valence-electron chi connectivity index (χ4n) is 1.80. The maximum absolute atomic E-state index is 12.2. The number of amides is 1. The third-order valence-electron chi connectivity index (χ3n) is 2.84. The Balaban J connectivity index is 1.95. The Morgan fingerprint density at radius 3 is 2.45 bits per heavy atom. The van der Waals surface area contributed by atoms with Gasteiger partial charge < -0.3 is 14.7 Å². The van der Waals surface area contributed by atoms with E-state index in [1.54, 1.807) is 48.3 Å². The summed E-state index contributed by atoms with van der Waals surface area (Å²) in [7, 11) is 1.71. The highest BCUT2D eigenvalue weighted by molar-refractivity contribution is 7.17. The molecular formula is C15H14ClNO4S. The standard InChI is InChI=1S/C15H14ClNO4S/c1-17(15(20)12-6-7-13(16)22-12)8-10-2-4-11(5-3-10)21-9-14(18)19/h2-7H,8-9H2,1H3,(H,18,19). The van der Waals surface area contributed by atoms with E-state index in [-0.39, 0.29) is 12.5 Å². The zero-order valence-corrected chi connectivity index (χ0v) is 13.4. The predicted octanol–water partition coefficient (Wildman–Crippen LogP) is 3.14. The largest absolute Gasteiger partial charge is 0.482 e. The van der Waals surface area contributed by atoms with Gasteiger partial charge in [0.05, 0.1) is 9.21 Å². The first-order valence-corrected chi connectivity index (χ1v) is 7.59. The summed E-state index contributed by atoms with van der Waals surface area (Å²) in [6.07, 6.45) is 0. The molecule has 1 aromatic carbocycles. The first kappa shape index (κ1) is 16.3. The molecule has 0 bridgehead atoms. The number of hydrogen-bond acceptors (Lipinski definition) is 4. The van der Waals surface area contributed by atoms with Gasteiger partial charge in [0.25, 0.3) is 5.91 Å². The number of hydrogen-bond donors (Lipinski definition) is 1. The maximum Gasteiger partial charge on any atom is 0.341 e. The van der Waals surface area contributed by atoms with Crippen molar-refractivity contribution in [3.05, 3.63) is 51.2 Å². The van der Waals surface area contributed by atoms with E-state index in [1.165, 1.54) is 11.3 Å². The van der Waals surface area contributed by atoms with Crippen molar-refractivity contribution in [3.63, 3.8) is 0 Å². The zero-order valence-electron chi connectivity index (χ0n) is 11.8. The van der Waals surface area contributed by atoms with Crippen molar-refractivity contribution < 1.29 is 19.4 Å². The number of halogens is 1. The molecule has 0 aliphatic heterocycles. The van der Waals surface area contributed by atoms with Crippen LogP contribution in [0.5, 0.6) is 5.75 Å². The number of benzene rings is 1. The summed E-state index contributed by atoms with van der Waals surface area (Å²) in [5.74, 6) is -0.641. The highest BCUT2D eigenvalue weighted by Gasteiger charge is 2.14. The van der Waals surface area contributed by atoms with Crippen LogP contribution in [-0.2, 0) is 11.3 Å². The van der Waals surface area contributed by atoms with E-state index in [0.717, 1.165) is 5.56 Å². The third-order valence-corrected chi connectivity index (χ3v) is 4.06. The van der Waals surface area contributed by atoms with Crippen LogP contribution in [0.2, 0.25) is 4.34 Å². The molecule has 0 spiro atoms. The lowest BCUT2D eigenvalue weighted by molar-refractivity contribution is -0.139. The summed E-state index contributed by atoms with van der Waals surface area (Å²) in [5.41, 5.74) is 0.918. The van der Waals surface area contributed by atoms with Gasteiger partial charge >= 0.3 is 5.97 Å². The van der Waals surface area contributed by atoms with Crippen LogP contribution in [0.25, 0.3) is 0 Å². The van der Waals surface area contributed by atoms with Crippen molar-refractivity contribution in [2.24, 2.45) is 0 Å². The van der Waals surface area contributed by atoms with Gasteiger partial charge in [-0.05, 0) is 29.8 Å². The average molecular weight is 340 g/mol. The SMILES string of the molecule is CN(Cc1ccc(OCC(=O)O)cc1)C(=O)c1ccc(Cl)s1. The van der Waals surface area contributed by atoms with Gasteiger partial charge in [0.1, 0.15) is 5.75 Å².